The highest BCUT2D eigenvalue weighted by Crippen LogP contribution is 2.66. The summed E-state index contributed by atoms with van der Waals surface area (Å²) >= 11 is 0. The summed E-state index contributed by atoms with van der Waals surface area (Å²) in [6.07, 6.45) is -1.98. The molecule has 0 radical (unpaired) electrons. The molecular weight excluding hydrogens is 1250 g/mol. The summed E-state index contributed by atoms with van der Waals surface area (Å²) in [4.78, 5) is 107. The molecule has 1 fully saturated rings. The molecule has 0 saturated carbocycles. The number of nitrogens with zero attached hydrogens (tertiary/aromatic N) is 2. The van der Waals surface area contributed by atoms with Gasteiger partial charge in [-0.15, -0.1) is 0 Å². The Morgan fingerprint density at radius 1 is 0.828 bits per heavy atom. The number of hydrogen-bond donors (Lipinski definition) is 9. The zero-order chi connectivity index (χ0) is 63.7. The molecule has 87 heavy (non-hydrogen) atoms. The number of aryl methyl sites for hydroxylation is 3. The molecule has 0 bridgehead atoms. The van der Waals surface area contributed by atoms with E-state index in [1.807, 2.05) is 65.8 Å². The van der Waals surface area contributed by atoms with Gasteiger partial charge in [-0.3, -0.25) is 33.5 Å². The molecule has 2 unspecified atom stereocenters. The molecule has 3 heterocycles. The molecule has 34 heteroatoms. The predicted octanol–water partition coefficient (Wildman–Crippen LogP) is 6.17. The van der Waals surface area contributed by atoms with E-state index in [1.165, 1.54) is 40.8 Å². The molecule has 5 atom stereocenters. The Kier molecular flexibility index (Phi) is 26.6. The van der Waals surface area contributed by atoms with Crippen LogP contribution in [0.1, 0.15) is 84.2 Å². The zero-order valence-corrected chi connectivity index (χ0v) is 53.1. The highest BCUT2D eigenvalue weighted by Gasteiger charge is 2.44. The number of aromatic amines is 1. The van der Waals surface area contributed by atoms with Crippen molar-refractivity contribution in [2.45, 2.75) is 84.5 Å². The van der Waals surface area contributed by atoms with Gasteiger partial charge in [0.1, 0.15) is 29.6 Å². The SMILES string of the molecule is CC/N=c1/cc2oc3cc(NCC)c(C)cc3c(-c3ccc(C(=O)NCCOCCOCCOCCOCCC(=O)NCC(C)(C)SSCO[C@@H]4C[C@H](n5cc(C)c(=O)[nH]c5=O)O[C@@H]4COP(=O)(O)OP(=O)(O)OP(=O)(O)O)cc3C(=O)O)c-2cc1C. The Morgan fingerprint density at radius 2 is 1.51 bits per heavy atom. The average molecular weight is 1320 g/mol. The Morgan fingerprint density at radius 3 is 2.16 bits per heavy atom. The third-order valence-electron chi connectivity index (χ3n) is 12.8. The summed E-state index contributed by atoms with van der Waals surface area (Å²) in [6.45, 7) is 15.8. The first kappa shape index (κ1) is 71.0. The summed E-state index contributed by atoms with van der Waals surface area (Å²) < 4.78 is 88.6. The van der Waals surface area contributed by atoms with Crippen molar-refractivity contribution in [3.63, 3.8) is 0 Å². The van der Waals surface area contributed by atoms with Crippen molar-refractivity contribution in [2.75, 3.05) is 96.9 Å². The largest absolute Gasteiger partial charge is 0.490 e. The fraction of sp³-hybridized carbons (Fsp3) is 0.509. The van der Waals surface area contributed by atoms with E-state index < -0.39 is 76.4 Å². The predicted molar refractivity (Wildman–Crippen MR) is 322 cm³/mol. The summed E-state index contributed by atoms with van der Waals surface area (Å²) in [5.74, 6) is -1.38. The first-order valence-electron chi connectivity index (χ1n) is 27.3. The second-order valence-electron chi connectivity index (χ2n) is 20.1. The van der Waals surface area contributed by atoms with Gasteiger partial charge in [0.2, 0.25) is 5.91 Å². The smallest absolute Gasteiger partial charge is 0.478 e. The van der Waals surface area contributed by atoms with Gasteiger partial charge in [0.25, 0.3) is 11.5 Å². The van der Waals surface area contributed by atoms with Gasteiger partial charge < -0.3 is 73.5 Å². The molecule has 2 aliphatic heterocycles. The number of phosphoric acid groups is 3. The number of carbonyl (C=O) groups excluding carboxylic acids is 2. The van der Waals surface area contributed by atoms with Crippen molar-refractivity contribution >= 4 is 79.5 Å². The van der Waals surface area contributed by atoms with Gasteiger partial charge in [0, 0.05) is 95.4 Å². The molecule has 29 nitrogen and oxygen atoms in total. The van der Waals surface area contributed by atoms with Crippen molar-refractivity contribution in [1.82, 2.24) is 20.2 Å². The van der Waals surface area contributed by atoms with Crippen LogP contribution in [0.3, 0.4) is 0 Å². The Hall–Kier alpha value is -5.11. The van der Waals surface area contributed by atoms with Crippen LogP contribution in [0.25, 0.3) is 33.4 Å². The number of carbonyl (C=O) groups is 3. The first-order chi connectivity index (χ1) is 41.1. The van der Waals surface area contributed by atoms with Crippen LogP contribution >= 0.6 is 45.1 Å². The molecule has 9 N–H and O–H groups in total. The molecule has 1 saturated heterocycles. The number of carboxylic acids is 1. The van der Waals surface area contributed by atoms with Crippen LogP contribution in [-0.4, -0.2) is 161 Å². The van der Waals surface area contributed by atoms with Gasteiger partial charge in [-0.1, -0.05) is 27.7 Å². The van der Waals surface area contributed by atoms with E-state index in [0.29, 0.717) is 35.6 Å². The lowest BCUT2D eigenvalue weighted by Crippen LogP contribution is -2.36. The number of H-pyrrole nitrogens is 1. The van der Waals surface area contributed by atoms with Crippen molar-refractivity contribution in [2.24, 2.45) is 4.99 Å². The number of carboxylic acid groups (broad SMARTS) is 1. The van der Waals surface area contributed by atoms with Crippen LogP contribution < -0.4 is 32.6 Å². The number of rotatable bonds is 36. The molecular formula is C53H73N6O23P3S2. The lowest BCUT2D eigenvalue weighted by Gasteiger charge is -2.24. The highest BCUT2D eigenvalue weighted by atomic mass is 33.1. The van der Waals surface area contributed by atoms with Gasteiger partial charge in [-0.05, 0) is 89.4 Å². The zero-order valence-electron chi connectivity index (χ0n) is 48.8. The van der Waals surface area contributed by atoms with Crippen molar-refractivity contribution < 1.29 is 98.7 Å². The summed E-state index contributed by atoms with van der Waals surface area (Å²) in [7, 11) is -14.4. The number of phosphoric ester groups is 1. The standard InChI is InChI=1S/C53H73N6O23P3S2/c1-8-54-40-25-42-38(22-32(40)3)48(39-23-33(4)41(55-9-2)26-43(39)79-42)36-11-10-35(24-37(36)51(63)64)50(62)56-13-15-74-17-19-76-21-20-75-18-16-73-14-12-46(60)57-30-53(6,7)87-86-31-77-44-27-47(59-28-34(5)49(61)58-52(59)65)80-45(44)29-78-84(69,70)82-85(71,72)81-83(66,67)68/h10-11,22-26,28,44-45,47,54H,8-9,12-21,27,29-31H2,1-7H3,(H,56,62)(H,57,60)(H,63,64)(H,69,70)(H,71,72)(H,58,61,65)(H2,66,67,68)/b55-41-/t44-,45-,47-/m1/s1. The van der Waals surface area contributed by atoms with Crippen molar-refractivity contribution in [1.29, 1.82) is 0 Å². The van der Waals surface area contributed by atoms with Crippen LogP contribution in [0.4, 0.5) is 5.69 Å². The minimum atomic E-state index is -5.80. The summed E-state index contributed by atoms with van der Waals surface area (Å²) in [5, 5.41) is 21.0. The molecule has 3 aromatic rings. The van der Waals surface area contributed by atoms with E-state index in [-0.39, 0.29) is 107 Å². The summed E-state index contributed by atoms with van der Waals surface area (Å²) in [6, 6.07) is 12.4. The van der Waals surface area contributed by atoms with E-state index in [0.717, 1.165) is 37.7 Å². The molecule has 6 rings (SSSR count). The maximum absolute atomic E-state index is 13.3. The maximum Gasteiger partial charge on any atom is 0.490 e. The van der Waals surface area contributed by atoms with E-state index in [2.05, 4.69) is 34.5 Å². The molecule has 0 spiro atoms. The number of aromatic nitrogens is 2. The Labute approximate surface area is 507 Å². The number of ether oxygens (including phenoxy) is 6. The lowest BCUT2D eigenvalue weighted by atomic mass is 9.88. The monoisotopic (exact) mass is 1320 g/mol. The number of anilines is 1. The van der Waals surface area contributed by atoms with E-state index in [9.17, 15) is 52.6 Å². The number of hydrogen-bond acceptors (Lipinski definition) is 22. The number of nitrogens with one attached hydrogen (secondary N) is 4. The van der Waals surface area contributed by atoms with E-state index >= 15 is 0 Å². The minimum absolute atomic E-state index is 0.0196. The van der Waals surface area contributed by atoms with Crippen LogP contribution in [0.5, 0.6) is 0 Å². The number of aromatic carboxylic acids is 1. The van der Waals surface area contributed by atoms with Crippen molar-refractivity contribution in [3.05, 3.63) is 103 Å². The van der Waals surface area contributed by atoms with Crippen LogP contribution in [0.2, 0.25) is 0 Å². The Balaban J connectivity index is 0.832. The first-order valence-corrected chi connectivity index (χ1v) is 34.1. The molecule has 1 aromatic heterocycles. The van der Waals surface area contributed by atoms with Gasteiger partial charge in [0.05, 0.1) is 76.5 Å². The molecule has 2 amide bonds. The molecule has 480 valence electrons. The van der Waals surface area contributed by atoms with E-state index in [1.54, 1.807) is 12.1 Å². The quantitative estimate of drug-likeness (QED) is 0.00712. The van der Waals surface area contributed by atoms with Crippen LogP contribution in [0, 0.1) is 20.8 Å². The number of amides is 2. The fourth-order valence-corrected chi connectivity index (χ4v) is 13.9. The van der Waals surface area contributed by atoms with Gasteiger partial charge in [-0.2, -0.15) is 8.62 Å². The average Bonchev–Trinajstić information content (AvgIpc) is 1.27. The topological polar surface area (TPSA) is 403 Å². The van der Waals surface area contributed by atoms with Gasteiger partial charge in [0.15, 0.2) is 0 Å². The van der Waals surface area contributed by atoms with Crippen LogP contribution in [-0.2, 0) is 60.1 Å². The second-order valence-corrected chi connectivity index (χ2v) is 27.5. The van der Waals surface area contributed by atoms with Gasteiger partial charge >= 0.3 is 35.1 Å². The molecule has 3 aliphatic rings. The summed E-state index contributed by atoms with van der Waals surface area (Å²) in [5.41, 5.74) is 3.99. The Bertz CT molecular complexity index is 3520. The number of benzene rings is 3. The number of fused-ring (bicyclic) bond motifs is 2. The fourth-order valence-electron chi connectivity index (χ4n) is 8.74. The second kappa shape index (κ2) is 32.6. The van der Waals surface area contributed by atoms with Gasteiger partial charge in [-0.25, -0.2) is 23.3 Å². The van der Waals surface area contributed by atoms with Crippen LogP contribution in [0.15, 0.2) is 67.7 Å². The molecule has 2 aromatic carbocycles. The normalized spacial score (nSPS) is 17.1. The van der Waals surface area contributed by atoms with E-state index in [4.69, 9.17) is 47.1 Å². The van der Waals surface area contributed by atoms with Crippen molar-refractivity contribution in [3.8, 4) is 22.5 Å². The molecule has 1 aliphatic carbocycles. The lowest BCUT2D eigenvalue weighted by molar-refractivity contribution is -0.122. The third-order valence-corrected chi connectivity index (χ3v) is 19.5. The minimum Gasteiger partial charge on any atom is -0.478 e. The highest BCUT2D eigenvalue weighted by molar-refractivity contribution is 8.77. The maximum atomic E-state index is 13.3. The third kappa shape index (κ3) is 21.8.